The molecular formula is C19H26N2O3S2. The third-order valence-corrected chi connectivity index (χ3v) is 7.18. The van der Waals surface area contributed by atoms with Gasteiger partial charge >= 0.3 is 0 Å². The number of carbonyl (C=O) groups excluding carboxylic acids is 1. The first-order valence-electron chi connectivity index (χ1n) is 8.85. The van der Waals surface area contributed by atoms with Gasteiger partial charge in [-0.2, -0.15) is 4.31 Å². The van der Waals surface area contributed by atoms with Gasteiger partial charge in [-0.05, 0) is 42.0 Å². The van der Waals surface area contributed by atoms with Crippen LogP contribution in [0.2, 0.25) is 0 Å². The molecule has 0 spiro atoms. The van der Waals surface area contributed by atoms with E-state index in [9.17, 15) is 13.2 Å². The van der Waals surface area contributed by atoms with E-state index in [0.29, 0.717) is 37.4 Å². The lowest BCUT2D eigenvalue weighted by Crippen LogP contribution is -2.30. The van der Waals surface area contributed by atoms with Gasteiger partial charge in [0.25, 0.3) is 0 Å². The van der Waals surface area contributed by atoms with Gasteiger partial charge in [0.15, 0.2) is 0 Å². The Labute approximate surface area is 160 Å². The minimum atomic E-state index is -3.43. The van der Waals surface area contributed by atoms with Crippen LogP contribution < -0.4 is 5.32 Å². The molecule has 2 aromatic rings. The SMILES string of the molecule is CCN(CC)S(=O)(=O)c1ccc(CCC(=O)NCCc2cccs2)cc1. The summed E-state index contributed by atoms with van der Waals surface area (Å²) in [6.07, 6.45) is 1.84. The summed E-state index contributed by atoms with van der Waals surface area (Å²) in [5.74, 6) is 0.0152. The molecule has 5 nitrogen and oxygen atoms in total. The van der Waals surface area contributed by atoms with Gasteiger partial charge < -0.3 is 5.32 Å². The summed E-state index contributed by atoms with van der Waals surface area (Å²) in [6, 6.07) is 10.9. The van der Waals surface area contributed by atoms with Gasteiger partial charge in [-0.25, -0.2) is 8.42 Å². The van der Waals surface area contributed by atoms with E-state index in [4.69, 9.17) is 0 Å². The topological polar surface area (TPSA) is 66.5 Å². The second-order valence-corrected chi connectivity index (χ2v) is 8.88. The minimum absolute atomic E-state index is 0.0152. The van der Waals surface area contributed by atoms with Crippen molar-refractivity contribution in [2.75, 3.05) is 19.6 Å². The Bertz CT molecular complexity index is 781. The number of amides is 1. The molecule has 1 aromatic heterocycles. The molecule has 1 aromatic carbocycles. The highest BCUT2D eigenvalue weighted by atomic mass is 32.2. The highest BCUT2D eigenvalue weighted by Crippen LogP contribution is 2.17. The van der Waals surface area contributed by atoms with E-state index in [-0.39, 0.29) is 5.91 Å². The summed E-state index contributed by atoms with van der Waals surface area (Å²) in [7, 11) is -3.43. The van der Waals surface area contributed by atoms with Crippen LogP contribution in [0.3, 0.4) is 0 Å². The number of rotatable bonds is 10. The summed E-state index contributed by atoms with van der Waals surface area (Å²) >= 11 is 1.69. The van der Waals surface area contributed by atoms with E-state index < -0.39 is 10.0 Å². The molecule has 0 saturated carbocycles. The molecule has 26 heavy (non-hydrogen) atoms. The normalized spacial score (nSPS) is 11.7. The summed E-state index contributed by atoms with van der Waals surface area (Å²) in [5.41, 5.74) is 0.955. The Kier molecular flexibility index (Phi) is 7.81. The van der Waals surface area contributed by atoms with Crippen molar-refractivity contribution in [3.05, 3.63) is 52.2 Å². The van der Waals surface area contributed by atoms with E-state index in [0.717, 1.165) is 12.0 Å². The van der Waals surface area contributed by atoms with E-state index in [2.05, 4.69) is 11.4 Å². The van der Waals surface area contributed by atoms with Crippen molar-refractivity contribution in [2.45, 2.75) is 38.0 Å². The van der Waals surface area contributed by atoms with Gasteiger partial charge in [-0.1, -0.05) is 32.0 Å². The molecule has 0 unspecified atom stereocenters. The number of aryl methyl sites for hydroxylation is 1. The quantitative estimate of drug-likeness (QED) is 0.673. The second-order valence-electron chi connectivity index (χ2n) is 5.91. The monoisotopic (exact) mass is 394 g/mol. The van der Waals surface area contributed by atoms with Gasteiger partial charge in [0, 0.05) is 30.9 Å². The number of hydrogen-bond acceptors (Lipinski definition) is 4. The highest BCUT2D eigenvalue weighted by Gasteiger charge is 2.21. The maximum absolute atomic E-state index is 12.5. The van der Waals surface area contributed by atoms with Crippen LogP contribution in [-0.4, -0.2) is 38.3 Å². The first-order chi connectivity index (χ1) is 12.5. The molecule has 7 heteroatoms. The van der Waals surface area contributed by atoms with Crippen molar-refractivity contribution >= 4 is 27.3 Å². The molecule has 1 heterocycles. The van der Waals surface area contributed by atoms with Gasteiger partial charge in [0.2, 0.25) is 15.9 Å². The molecule has 0 bridgehead atoms. The third kappa shape index (κ3) is 5.65. The Morgan fingerprint density at radius 3 is 2.35 bits per heavy atom. The zero-order chi connectivity index (χ0) is 19.0. The lowest BCUT2D eigenvalue weighted by Gasteiger charge is -2.18. The van der Waals surface area contributed by atoms with Crippen LogP contribution in [0.5, 0.6) is 0 Å². The summed E-state index contributed by atoms with van der Waals surface area (Å²) in [6.45, 7) is 5.19. The van der Waals surface area contributed by atoms with Crippen molar-refractivity contribution in [3.8, 4) is 0 Å². The third-order valence-electron chi connectivity index (χ3n) is 4.18. The number of hydrogen-bond donors (Lipinski definition) is 1. The summed E-state index contributed by atoms with van der Waals surface area (Å²) in [4.78, 5) is 13.5. The van der Waals surface area contributed by atoms with E-state index in [1.54, 1.807) is 35.6 Å². The number of sulfonamides is 1. The zero-order valence-electron chi connectivity index (χ0n) is 15.3. The van der Waals surface area contributed by atoms with Gasteiger partial charge in [-0.15, -0.1) is 11.3 Å². The average molecular weight is 395 g/mol. The van der Waals surface area contributed by atoms with E-state index >= 15 is 0 Å². The highest BCUT2D eigenvalue weighted by molar-refractivity contribution is 7.89. The molecule has 0 aliphatic heterocycles. The largest absolute Gasteiger partial charge is 0.356 e. The zero-order valence-corrected chi connectivity index (χ0v) is 16.9. The van der Waals surface area contributed by atoms with Crippen molar-refractivity contribution in [1.29, 1.82) is 0 Å². The van der Waals surface area contributed by atoms with Crippen LogP contribution in [0.15, 0.2) is 46.7 Å². The molecule has 1 N–H and O–H groups in total. The first-order valence-corrected chi connectivity index (χ1v) is 11.2. The molecular weight excluding hydrogens is 368 g/mol. The Morgan fingerprint density at radius 2 is 1.77 bits per heavy atom. The molecule has 142 valence electrons. The van der Waals surface area contributed by atoms with Gasteiger partial charge in [-0.3, -0.25) is 4.79 Å². The standard InChI is InChI=1S/C19H26N2O3S2/c1-3-21(4-2)26(23,24)18-10-7-16(8-11-18)9-12-19(22)20-14-13-17-6-5-15-25-17/h5-8,10-11,15H,3-4,9,12-14H2,1-2H3,(H,20,22). The summed E-state index contributed by atoms with van der Waals surface area (Å²) < 4.78 is 26.3. The van der Waals surface area contributed by atoms with Crippen LogP contribution >= 0.6 is 11.3 Å². The van der Waals surface area contributed by atoms with Crippen LogP contribution in [0.25, 0.3) is 0 Å². The van der Waals surface area contributed by atoms with Crippen molar-refractivity contribution < 1.29 is 13.2 Å². The molecule has 1 amide bonds. The maximum atomic E-state index is 12.5. The number of carbonyl (C=O) groups is 1. The summed E-state index contributed by atoms with van der Waals surface area (Å²) in [5, 5.41) is 4.95. The van der Waals surface area contributed by atoms with E-state index in [1.807, 2.05) is 25.3 Å². The van der Waals surface area contributed by atoms with Crippen molar-refractivity contribution in [1.82, 2.24) is 9.62 Å². The number of benzene rings is 1. The smallest absolute Gasteiger partial charge is 0.243 e. The number of nitrogens with one attached hydrogen (secondary N) is 1. The molecule has 0 atom stereocenters. The molecule has 0 saturated heterocycles. The maximum Gasteiger partial charge on any atom is 0.243 e. The fraction of sp³-hybridized carbons (Fsp3) is 0.421. The molecule has 0 aliphatic carbocycles. The van der Waals surface area contributed by atoms with Crippen molar-refractivity contribution in [3.63, 3.8) is 0 Å². The number of nitrogens with zero attached hydrogens (tertiary/aromatic N) is 1. The van der Waals surface area contributed by atoms with Crippen molar-refractivity contribution in [2.24, 2.45) is 0 Å². The Morgan fingerprint density at radius 1 is 1.08 bits per heavy atom. The fourth-order valence-electron chi connectivity index (χ4n) is 2.67. The average Bonchev–Trinajstić information content (AvgIpc) is 3.14. The van der Waals surface area contributed by atoms with E-state index in [1.165, 1.54) is 9.18 Å². The van der Waals surface area contributed by atoms with Gasteiger partial charge in [0.05, 0.1) is 4.90 Å². The second kappa shape index (κ2) is 9.85. The Hall–Kier alpha value is -1.70. The molecule has 2 rings (SSSR count). The lowest BCUT2D eigenvalue weighted by atomic mass is 10.1. The van der Waals surface area contributed by atoms with Crippen LogP contribution in [0, 0.1) is 0 Å². The van der Waals surface area contributed by atoms with Gasteiger partial charge in [0.1, 0.15) is 0 Å². The van der Waals surface area contributed by atoms with Crippen LogP contribution in [0.1, 0.15) is 30.7 Å². The molecule has 0 fully saturated rings. The van der Waals surface area contributed by atoms with Crippen LogP contribution in [0.4, 0.5) is 0 Å². The minimum Gasteiger partial charge on any atom is -0.356 e. The Balaban J connectivity index is 1.82. The number of thiophene rings is 1. The first kappa shape index (κ1) is 20.6. The van der Waals surface area contributed by atoms with Crippen LogP contribution in [-0.2, 0) is 27.7 Å². The molecule has 0 radical (unpaired) electrons. The fourth-order valence-corrected chi connectivity index (χ4v) is 4.83. The molecule has 0 aliphatic rings. The predicted octanol–water partition coefficient (Wildman–Crippen LogP) is 3.07. The predicted molar refractivity (Wildman–Crippen MR) is 106 cm³/mol. The lowest BCUT2D eigenvalue weighted by molar-refractivity contribution is -0.121.